The van der Waals surface area contributed by atoms with Gasteiger partial charge in [0.05, 0.1) is 22.9 Å². The fraction of sp³-hybridized carbons (Fsp3) is 0.100. The van der Waals surface area contributed by atoms with E-state index < -0.39 is 15.9 Å². The molecule has 0 aliphatic heterocycles. The Bertz CT molecular complexity index is 1100. The summed E-state index contributed by atoms with van der Waals surface area (Å²) >= 11 is 6.10. The van der Waals surface area contributed by atoms with Gasteiger partial charge in [-0.15, -0.1) is 0 Å². The zero-order valence-electron chi connectivity index (χ0n) is 15.0. The number of para-hydroxylation sites is 1. The Morgan fingerprint density at radius 1 is 1.07 bits per heavy atom. The summed E-state index contributed by atoms with van der Waals surface area (Å²) in [5, 5.41) is 2.74. The van der Waals surface area contributed by atoms with Crippen LogP contribution < -0.4 is 10.0 Å². The first-order chi connectivity index (χ1) is 13.4. The van der Waals surface area contributed by atoms with E-state index in [0.29, 0.717) is 11.4 Å². The number of carbonyl (C=O) groups is 1. The van der Waals surface area contributed by atoms with Gasteiger partial charge in [-0.25, -0.2) is 8.42 Å². The van der Waals surface area contributed by atoms with E-state index in [2.05, 4.69) is 15.0 Å². The van der Waals surface area contributed by atoms with E-state index in [0.717, 1.165) is 5.56 Å². The second-order valence-electron chi connectivity index (χ2n) is 6.07. The highest BCUT2D eigenvalue weighted by atomic mass is 35.5. The molecule has 6 nitrogen and oxygen atoms in total. The predicted octanol–water partition coefficient (Wildman–Crippen LogP) is 3.77. The van der Waals surface area contributed by atoms with Gasteiger partial charge in [0.2, 0.25) is 0 Å². The van der Waals surface area contributed by atoms with Gasteiger partial charge in [0.25, 0.3) is 15.9 Å². The number of pyridine rings is 1. The van der Waals surface area contributed by atoms with Crippen LogP contribution >= 0.6 is 11.6 Å². The number of nitrogens with zero attached hydrogens (tertiary/aromatic N) is 1. The van der Waals surface area contributed by atoms with E-state index in [-0.39, 0.29) is 22.0 Å². The Hall–Kier alpha value is -2.90. The van der Waals surface area contributed by atoms with Crippen molar-refractivity contribution in [1.82, 2.24) is 10.3 Å². The SMILES string of the molecule is Cc1ccccc1NS(=O)(=O)c1cc(C(=O)NCc2ccccn2)ccc1Cl. The summed E-state index contributed by atoms with van der Waals surface area (Å²) in [6.45, 7) is 2.02. The van der Waals surface area contributed by atoms with Gasteiger partial charge < -0.3 is 5.32 Å². The largest absolute Gasteiger partial charge is 0.346 e. The molecule has 0 radical (unpaired) electrons. The number of aryl methyl sites for hydroxylation is 1. The molecule has 3 aromatic rings. The normalized spacial score (nSPS) is 11.1. The molecule has 3 rings (SSSR count). The second kappa shape index (κ2) is 8.41. The molecule has 0 aliphatic carbocycles. The summed E-state index contributed by atoms with van der Waals surface area (Å²) in [6.07, 6.45) is 1.63. The number of carbonyl (C=O) groups excluding carboxylic acids is 1. The van der Waals surface area contributed by atoms with Gasteiger partial charge in [0.15, 0.2) is 0 Å². The Morgan fingerprint density at radius 3 is 2.54 bits per heavy atom. The van der Waals surface area contributed by atoms with Crippen LogP contribution in [-0.4, -0.2) is 19.3 Å². The number of hydrogen-bond acceptors (Lipinski definition) is 4. The van der Waals surface area contributed by atoms with Crippen molar-refractivity contribution >= 4 is 33.2 Å². The van der Waals surface area contributed by atoms with Crippen LogP contribution in [0.1, 0.15) is 21.6 Å². The Labute approximate surface area is 168 Å². The van der Waals surface area contributed by atoms with Crippen LogP contribution in [0.2, 0.25) is 5.02 Å². The number of rotatable bonds is 6. The Kier molecular flexibility index (Phi) is 5.96. The summed E-state index contributed by atoms with van der Waals surface area (Å²) < 4.78 is 28.1. The highest BCUT2D eigenvalue weighted by Gasteiger charge is 2.21. The maximum atomic E-state index is 12.8. The molecule has 0 saturated heterocycles. The van der Waals surface area contributed by atoms with Crippen molar-refractivity contribution in [2.75, 3.05) is 4.72 Å². The molecule has 0 unspecified atom stereocenters. The number of benzene rings is 2. The van der Waals surface area contributed by atoms with Crippen LogP contribution in [0.25, 0.3) is 0 Å². The minimum atomic E-state index is -3.96. The first kappa shape index (κ1) is 19.9. The first-order valence-electron chi connectivity index (χ1n) is 8.43. The molecule has 0 aliphatic rings. The van der Waals surface area contributed by atoms with Crippen molar-refractivity contribution in [2.24, 2.45) is 0 Å². The number of nitrogens with one attached hydrogen (secondary N) is 2. The molecule has 0 bridgehead atoms. The zero-order valence-corrected chi connectivity index (χ0v) is 16.6. The maximum Gasteiger partial charge on any atom is 0.263 e. The van der Waals surface area contributed by atoms with Crippen LogP contribution in [0.5, 0.6) is 0 Å². The van der Waals surface area contributed by atoms with Crippen molar-refractivity contribution < 1.29 is 13.2 Å². The molecule has 0 spiro atoms. The van der Waals surface area contributed by atoms with Gasteiger partial charge in [0, 0.05) is 11.8 Å². The molecular weight excluding hydrogens is 398 g/mol. The van der Waals surface area contributed by atoms with Crippen LogP contribution in [0, 0.1) is 6.92 Å². The van der Waals surface area contributed by atoms with E-state index >= 15 is 0 Å². The lowest BCUT2D eigenvalue weighted by molar-refractivity contribution is 0.0950. The van der Waals surface area contributed by atoms with Gasteiger partial charge in [0.1, 0.15) is 4.90 Å². The molecule has 2 N–H and O–H groups in total. The van der Waals surface area contributed by atoms with Crippen LogP contribution in [0.4, 0.5) is 5.69 Å². The molecule has 1 amide bonds. The lowest BCUT2D eigenvalue weighted by Gasteiger charge is -2.13. The topological polar surface area (TPSA) is 88.2 Å². The average molecular weight is 416 g/mol. The third-order valence-corrected chi connectivity index (χ3v) is 5.88. The van der Waals surface area contributed by atoms with E-state index in [1.54, 1.807) is 43.5 Å². The molecule has 0 saturated carbocycles. The molecular formula is C20H18ClN3O3S. The quantitative estimate of drug-likeness (QED) is 0.641. The van der Waals surface area contributed by atoms with Gasteiger partial charge in [-0.2, -0.15) is 0 Å². The highest BCUT2D eigenvalue weighted by molar-refractivity contribution is 7.92. The standard InChI is InChI=1S/C20H18ClN3O3S/c1-14-6-2-3-8-18(14)24-28(26,27)19-12-15(9-10-17(19)21)20(25)23-13-16-7-4-5-11-22-16/h2-12,24H,13H2,1H3,(H,23,25). The monoisotopic (exact) mass is 415 g/mol. The van der Waals surface area contributed by atoms with E-state index in [4.69, 9.17) is 11.6 Å². The Morgan fingerprint density at radius 2 is 1.82 bits per heavy atom. The Balaban J connectivity index is 1.82. The van der Waals surface area contributed by atoms with E-state index in [9.17, 15) is 13.2 Å². The van der Waals surface area contributed by atoms with Crippen LogP contribution in [0.15, 0.2) is 71.8 Å². The van der Waals surface area contributed by atoms with Crippen molar-refractivity contribution in [3.8, 4) is 0 Å². The van der Waals surface area contributed by atoms with Gasteiger partial charge in [-0.1, -0.05) is 35.9 Å². The number of amides is 1. The number of sulfonamides is 1. The minimum Gasteiger partial charge on any atom is -0.346 e. The maximum absolute atomic E-state index is 12.8. The number of halogens is 1. The fourth-order valence-electron chi connectivity index (χ4n) is 2.51. The molecule has 1 heterocycles. The second-order valence-corrected chi connectivity index (χ2v) is 8.13. The molecule has 1 aromatic heterocycles. The van der Waals surface area contributed by atoms with Crippen molar-refractivity contribution in [3.05, 3.63) is 88.7 Å². The van der Waals surface area contributed by atoms with Crippen LogP contribution in [-0.2, 0) is 16.6 Å². The van der Waals surface area contributed by atoms with Crippen molar-refractivity contribution in [2.45, 2.75) is 18.4 Å². The summed E-state index contributed by atoms with van der Waals surface area (Å²) in [5.74, 6) is -0.422. The zero-order chi connectivity index (χ0) is 20.1. The van der Waals surface area contributed by atoms with Crippen molar-refractivity contribution in [1.29, 1.82) is 0 Å². The fourth-order valence-corrected chi connectivity index (χ4v) is 4.17. The van der Waals surface area contributed by atoms with Gasteiger partial charge >= 0.3 is 0 Å². The smallest absolute Gasteiger partial charge is 0.263 e. The van der Waals surface area contributed by atoms with E-state index in [1.165, 1.54) is 18.2 Å². The third kappa shape index (κ3) is 4.68. The lowest BCUT2D eigenvalue weighted by atomic mass is 10.2. The van der Waals surface area contributed by atoms with E-state index in [1.807, 2.05) is 12.1 Å². The molecule has 28 heavy (non-hydrogen) atoms. The molecule has 144 valence electrons. The minimum absolute atomic E-state index is 0.0300. The number of hydrogen-bond donors (Lipinski definition) is 2. The molecule has 2 aromatic carbocycles. The summed E-state index contributed by atoms with van der Waals surface area (Å²) in [5.41, 5.74) is 2.10. The number of anilines is 1. The van der Waals surface area contributed by atoms with Crippen molar-refractivity contribution in [3.63, 3.8) is 0 Å². The van der Waals surface area contributed by atoms with Crippen LogP contribution in [0.3, 0.4) is 0 Å². The number of aromatic nitrogens is 1. The lowest BCUT2D eigenvalue weighted by Crippen LogP contribution is -2.24. The summed E-state index contributed by atoms with van der Waals surface area (Å²) in [6, 6.07) is 16.5. The summed E-state index contributed by atoms with van der Waals surface area (Å²) in [7, 11) is -3.96. The highest BCUT2D eigenvalue weighted by Crippen LogP contribution is 2.26. The molecule has 8 heteroatoms. The van der Waals surface area contributed by atoms with Gasteiger partial charge in [-0.3, -0.25) is 14.5 Å². The van der Waals surface area contributed by atoms with Gasteiger partial charge in [-0.05, 0) is 48.9 Å². The predicted molar refractivity (Wildman–Crippen MR) is 109 cm³/mol. The average Bonchev–Trinajstić information content (AvgIpc) is 2.69. The first-order valence-corrected chi connectivity index (χ1v) is 10.3. The molecule has 0 fully saturated rings. The third-order valence-electron chi connectivity index (χ3n) is 4.03. The summed E-state index contributed by atoms with van der Waals surface area (Å²) in [4.78, 5) is 16.4. The molecule has 0 atom stereocenters.